The summed E-state index contributed by atoms with van der Waals surface area (Å²) in [6, 6.07) is 6.70. The molecule has 0 aromatic heterocycles. The molecule has 0 saturated carbocycles. The lowest BCUT2D eigenvalue weighted by atomic mass is 9.98. The third kappa shape index (κ3) is 8.25. The van der Waals surface area contributed by atoms with Gasteiger partial charge in [0.1, 0.15) is 6.04 Å². The number of hydrogen-bond acceptors (Lipinski definition) is 5. The number of carbonyl (C=O) groups is 3. The molecule has 1 saturated heterocycles. The van der Waals surface area contributed by atoms with Crippen molar-refractivity contribution < 1.29 is 23.2 Å². The number of aliphatic imine (C=N–C) groups is 1. The number of nitrogens with two attached hydrogens (primary N) is 2. The minimum atomic E-state index is -3.57. The number of rotatable bonds is 14. The predicted octanol–water partition coefficient (Wildman–Crippen LogP) is 1.35. The Labute approximate surface area is 211 Å². The lowest BCUT2D eigenvalue weighted by Gasteiger charge is -2.30. The smallest absolute Gasteiger partial charge is 0.307 e. The van der Waals surface area contributed by atoms with Crippen LogP contribution >= 0.6 is 0 Å². The number of ketones is 1. The van der Waals surface area contributed by atoms with Crippen LogP contribution in [-0.4, -0.2) is 72.6 Å². The van der Waals surface area contributed by atoms with Crippen LogP contribution in [0.25, 0.3) is 0 Å². The van der Waals surface area contributed by atoms with Crippen molar-refractivity contribution in [3.63, 3.8) is 0 Å². The standard InChI is InChI=1S/C25H38F2N6O3/c1-3-13-25(26,27)21(34)18(11-7-14-31-24(28)29)32-22(35)20-12-8-15-33(20)23(36)19(30-2)16-17-9-5-4-6-10-17/h4-6,9-10,18-20,30H,3,7-8,11-16H2,1-2H3,(H,32,35)(H4,28,29,31)/t18?,19?,20-/m0/s1. The van der Waals surface area contributed by atoms with Crippen LogP contribution in [-0.2, 0) is 20.8 Å². The van der Waals surface area contributed by atoms with Gasteiger partial charge in [-0.2, -0.15) is 8.78 Å². The zero-order chi connectivity index (χ0) is 26.7. The molecular weight excluding hydrogens is 470 g/mol. The minimum absolute atomic E-state index is 0.0472. The number of nitrogens with zero attached hydrogens (tertiary/aromatic N) is 2. The average Bonchev–Trinajstić information content (AvgIpc) is 3.34. The number of Topliss-reactive ketones (excluding diaryl/α,β-unsaturated/α-hetero) is 1. The Balaban J connectivity index is 2.13. The maximum absolute atomic E-state index is 14.5. The maximum atomic E-state index is 14.5. The fourth-order valence-corrected chi connectivity index (χ4v) is 4.40. The van der Waals surface area contributed by atoms with E-state index in [-0.39, 0.29) is 37.7 Å². The van der Waals surface area contributed by atoms with Crippen molar-refractivity contribution in [1.29, 1.82) is 0 Å². The molecule has 200 valence electrons. The molecule has 2 amide bonds. The maximum Gasteiger partial charge on any atom is 0.307 e. The van der Waals surface area contributed by atoms with E-state index in [1.165, 1.54) is 4.90 Å². The van der Waals surface area contributed by atoms with E-state index in [2.05, 4.69) is 15.6 Å². The van der Waals surface area contributed by atoms with Crippen LogP contribution in [0.4, 0.5) is 8.78 Å². The molecule has 1 aromatic rings. The first kappa shape index (κ1) is 29.2. The second-order valence-electron chi connectivity index (χ2n) is 9.05. The molecule has 3 atom stereocenters. The highest BCUT2D eigenvalue weighted by molar-refractivity contribution is 5.96. The van der Waals surface area contributed by atoms with Gasteiger partial charge in [0, 0.05) is 19.5 Å². The van der Waals surface area contributed by atoms with Crippen molar-refractivity contribution in [3.05, 3.63) is 35.9 Å². The molecule has 2 unspecified atom stereocenters. The first-order chi connectivity index (χ1) is 17.1. The number of nitrogens with one attached hydrogen (secondary N) is 2. The number of carbonyl (C=O) groups excluding carboxylic acids is 3. The fourth-order valence-electron chi connectivity index (χ4n) is 4.40. The summed E-state index contributed by atoms with van der Waals surface area (Å²) in [5.41, 5.74) is 11.6. The quantitative estimate of drug-likeness (QED) is 0.170. The molecule has 0 bridgehead atoms. The largest absolute Gasteiger partial charge is 0.370 e. The van der Waals surface area contributed by atoms with E-state index >= 15 is 0 Å². The molecule has 11 heteroatoms. The number of hydrogen-bond donors (Lipinski definition) is 4. The van der Waals surface area contributed by atoms with E-state index in [4.69, 9.17) is 11.5 Å². The Hall–Kier alpha value is -3.08. The van der Waals surface area contributed by atoms with Crippen LogP contribution in [0, 0.1) is 0 Å². The summed E-state index contributed by atoms with van der Waals surface area (Å²) in [5.74, 6) is -5.90. The van der Waals surface area contributed by atoms with E-state index < -0.39 is 42.2 Å². The Morgan fingerprint density at radius 2 is 1.89 bits per heavy atom. The Kier molecular flexibility index (Phi) is 11.2. The Morgan fingerprint density at radius 1 is 1.19 bits per heavy atom. The monoisotopic (exact) mass is 508 g/mol. The van der Waals surface area contributed by atoms with Gasteiger partial charge in [0.15, 0.2) is 5.96 Å². The predicted molar refractivity (Wildman–Crippen MR) is 134 cm³/mol. The number of likely N-dealkylation sites (N-methyl/N-ethyl adjacent to an activating group) is 1. The molecule has 1 aliphatic heterocycles. The van der Waals surface area contributed by atoms with Crippen molar-refractivity contribution in [2.75, 3.05) is 20.1 Å². The van der Waals surface area contributed by atoms with E-state index in [0.717, 1.165) is 5.56 Å². The lowest BCUT2D eigenvalue weighted by molar-refractivity contribution is -0.149. The molecule has 1 aliphatic rings. The summed E-state index contributed by atoms with van der Waals surface area (Å²) < 4.78 is 28.9. The number of likely N-dealkylation sites (tertiary alicyclic amines) is 1. The lowest BCUT2D eigenvalue weighted by Crippen LogP contribution is -2.56. The van der Waals surface area contributed by atoms with Crippen LogP contribution in [0.15, 0.2) is 35.3 Å². The second-order valence-corrected chi connectivity index (χ2v) is 9.05. The van der Waals surface area contributed by atoms with Gasteiger partial charge in [-0.1, -0.05) is 37.3 Å². The Morgan fingerprint density at radius 3 is 2.50 bits per heavy atom. The summed E-state index contributed by atoms with van der Waals surface area (Å²) in [5, 5.41) is 5.52. The number of amides is 2. The number of benzene rings is 1. The zero-order valence-corrected chi connectivity index (χ0v) is 21.0. The van der Waals surface area contributed by atoms with Gasteiger partial charge in [0.05, 0.1) is 12.1 Å². The topological polar surface area (TPSA) is 143 Å². The van der Waals surface area contributed by atoms with Crippen LogP contribution in [0.3, 0.4) is 0 Å². The summed E-state index contributed by atoms with van der Waals surface area (Å²) in [4.78, 5) is 44.4. The third-order valence-corrected chi connectivity index (χ3v) is 6.27. The van der Waals surface area contributed by atoms with E-state index in [9.17, 15) is 23.2 Å². The van der Waals surface area contributed by atoms with E-state index in [1.54, 1.807) is 14.0 Å². The Bertz CT molecular complexity index is 908. The van der Waals surface area contributed by atoms with Gasteiger partial charge in [-0.15, -0.1) is 0 Å². The van der Waals surface area contributed by atoms with Gasteiger partial charge >= 0.3 is 5.92 Å². The molecule has 1 heterocycles. The summed E-state index contributed by atoms with van der Waals surface area (Å²) >= 11 is 0. The normalized spacial score (nSPS) is 17.3. The highest BCUT2D eigenvalue weighted by Gasteiger charge is 2.44. The third-order valence-electron chi connectivity index (χ3n) is 6.27. The van der Waals surface area contributed by atoms with Gasteiger partial charge in [-0.25, -0.2) is 0 Å². The van der Waals surface area contributed by atoms with Crippen molar-refractivity contribution in [2.45, 2.75) is 75.9 Å². The molecular formula is C25H38F2N6O3. The number of guanidine groups is 1. The minimum Gasteiger partial charge on any atom is -0.370 e. The zero-order valence-electron chi connectivity index (χ0n) is 21.0. The van der Waals surface area contributed by atoms with Gasteiger partial charge in [0.25, 0.3) is 0 Å². The summed E-state index contributed by atoms with van der Waals surface area (Å²) in [7, 11) is 1.68. The molecule has 1 aromatic carbocycles. The van der Waals surface area contributed by atoms with Gasteiger partial charge in [-0.05, 0) is 51.1 Å². The summed E-state index contributed by atoms with van der Waals surface area (Å²) in [6.07, 6.45) is 1.11. The van der Waals surface area contributed by atoms with E-state index in [0.29, 0.717) is 25.8 Å². The first-order valence-electron chi connectivity index (χ1n) is 12.4. The highest BCUT2D eigenvalue weighted by atomic mass is 19.3. The summed E-state index contributed by atoms with van der Waals surface area (Å²) in [6.45, 7) is 2.07. The SMILES string of the molecule is CCCC(F)(F)C(=O)C(CCCN=C(N)N)NC(=O)[C@@H]1CCCN1C(=O)C(Cc1ccccc1)NC. The van der Waals surface area contributed by atoms with Crippen LogP contribution in [0.5, 0.6) is 0 Å². The molecule has 0 aliphatic carbocycles. The molecule has 0 spiro atoms. The number of halogens is 2. The van der Waals surface area contributed by atoms with Gasteiger partial charge < -0.3 is 27.0 Å². The molecule has 6 N–H and O–H groups in total. The van der Waals surface area contributed by atoms with Gasteiger partial charge in [-0.3, -0.25) is 19.4 Å². The molecule has 0 radical (unpaired) electrons. The van der Waals surface area contributed by atoms with Crippen molar-refractivity contribution in [3.8, 4) is 0 Å². The average molecular weight is 509 g/mol. The van der Waals surface area contributed by atoms with Crippen molar-refractivity contribution in [2.24, 2.45) is 16.5 Å². The highest BCUT2D eigenvalue weighted by Crippen LogP contribution is 2.25. The second kappa shape index (κ2) is 13.9. The molecule has 1 fully saturated rings. The van der Waals surface area contributed by atoms with Crippen molar-refractivity contribution in [1.82, 2.24) is 15.5 Å². The van der Waals surface area contributed by atoms with E-state index in [1.807, 2.05) is 30.3 Å². The number of alkyl halides is 2. The fraction of sp³-hybridized carbons (Fsp3) is 0.600. The molecule has 2 rings (SSSR count). The van der Waals surface area contributed by atoms with Crippen LogP contribution < -0.4 is 22.1 Å². The molecule has 36 heavy (non-hydrogen) atoms. The van der Waals surface area contributed by atoms with Crippen LogP contribution in [0.2, 0.25) is 0 Å². The van der Waals surface area contributed by atoms with Crippen LogP contribution in [0.1, 0.15) is 51.0 Å². The molecule has 9 nitrogen and oxygen atoms in total. The first-order valence-corrected chi connectivity index (χ1v) is 12.4. The van der Waals surface area contributed by atoms with Crippen molar-refractivity contribution >= 4 is 23.6 Å². The van der Waals surface area contributed by atoms with Gasteiger partial charge in [0.2, 0.25) is 17.6 Å².